The first-order valence-corrected chi connectivity index (χ1v) is 11.5. The van der Waals surface area contributed by atoms with E-state index in [4.69, 9.17) is 10.7 Å². The summed E-state index contributed by atoms with van der Waals surface area (Å²) < 4.78 is 28.0. The SMILES string of the molecule is CCCCc1nc2c(N)nc3ccccc3c2n1CC(C)(C)CNS(C)(=O)=O. The minimum absolute atomic E-state index is 0.309. The third-order valence-electron chi connectivity index (χ3n) is 4.84. The number of hydrogen-bond acceptors (Lipinski definition) is 5. The predicted octanol–water partition coefficient (Wildman–Crippen LogP) is 3.08. The Morgan fingerprint density at radius 1 is 1.21 bits per heavy atom. The van der Waals surface area contributed by atoms with Crippen molar-refractivity contribution in [2.75, 3.05) is 18.5 Å². The lowest BCUT2D eigenvalue weighted by Crippen LogP contribution is -2.36. The van der Waals surface area contributed by atoms with Gasteiger partial charge in [0.15, 0.2) is 5.82 Å². The Morgan fingerprint density at radius 2 is 1.93 bits per heavy atom. The Morgan fingerprint density at radius 3 is 2.61 bits per heavy atom. The van der Waals surface area contributed by atoms with Crippen LogP contribution in [0.5, 0.6) is 0 Å². The van der Waals surface area contributed by atoms with E-state index in [-0.39, 0.29) is 5.41 Å². The topological polar surface area (TPSA) is 103 Å². The summed E-state index contributed by atoms with van der Waals surface area (Å²) in [5, 5.41) is 1.01. The lowest BCUT2D eigenvalue weighted by molar-refractivity contribution is 0.306. The van der Waals surface area contributed by atoms with Crippen LogP contribution < -0.4 is 10.5 Å². The number of nitrogen functional groups attached to an aromatic ring is 1. The van der Waals surface area contributed by atoms with Gasteiger partial charge in [-0.3, -0.25) is 0 Å². The van der Waals surface area contributed by atoms with Crippen molar-refractivity contribution in [2.24, 2.45) is 5.41 Å². The molecular weight excluding hydrogens is 374 g/mol. The van der Waals surface area contributed by atoms with Gasteiger partial charge in [-0.2, -0.15) is 0 Å². The molecule has 0 aliphatic rings. The zero-order valence-electron chi connectivity index (χ0n) is 17.0. The third-order valence-corrected chi connectivity index (χ3v) is 5.51. The number of nitrogens with zero attached hydrogens (tertiary/aromatic N) is 3. The smallest absolute Gasteiger partial charge is 0.208 e. The minimum Gasteiger partial charge on any atom is -0.382 e. The van der Waals surface area contributed by atoms with Crippen molar-refractivity contribution >= 4 is 37.8 Å². The summed E-state index contributed by atoms with van der Waals surface area (Å²) in [5.41, 5.74) is 8.45. The predicted molar refractivity (Wildman–Crippen MR) is 115 cm³/mol. The molecule has 0 fully saturated rings. The molecule has 1 aromatic carbocycles. The van der Waals surface area contributed by atoms with Crippen LogP contribution >= 0.6 is 0 Å². The first-order valence-electron chi connectivity index (χ1n) is 9.59. The van der Waals surface area contributed by atoms with E-state index >= 15 is 0 Å². The van der Waals surface area contributed by atoms with Gasteiger partial charge < -0.3 is 10.3 Å². The number of fused-ring (bicyclic) bond motifs is 3. The summed E-state index contributed by atoms with van der Waals surface area (Å²) in [5.74, 6) is 1.39. The van der Waals surface area contributed by atoms with Gasteiger partial charge in [0.05, 0.1) is 17.3 Å². The number of imidazole rings is 1. The number of nitrogens with two attached hydrogens (primary N) is 1. The summed E-state index contributed by atoms with van der Waals surface area (Å²) in [6, 6.07) is 7.91. The molecule has 0 radical (unpaired) electrons. The maximum absolute atomic E-state index is 11.6. The summed E-state index contributed by atoms with van der Waals surface area (Å²) >= 11 is 0. The second-order valence-corrected chi connectivity index (χ2v) is 10.0. The van der Waals surface area contributed by atoms with Gasteiger partial charge in [0.2, 0.25) is 10.0 Å². The van der Waals surface area contributed by atoms with E-state index < -0.39 is 10.0 Å². The van der Waals surface area contributed by atoms with E-state index in [1.807, 2.05) is 38.1 Å². The molecule has 0 spiro atoms. The van der Waals surface area contributed by atoms with Crippen LogP contribution in [0.2, 0.25) is 0 Å². The number of nitrogens with one attached hydrogen (secondary N) is 1. The quantitative estimate of drug-likeness (QED) is 0.602. The average molecular weight is 404 g/mol. The summed E-state index contributed by atoms with van der Waals surface area (Å²) in [4.78, 5) is 9.34. The molecule has 0 saturated heterocycles. The van der Waals surface area contributed by atoms with Crippen LogP contribution in [0.1, 0.15) is 39.4 Å². The van der Waals surface area contributed by atoms with Gasteiger partial charge in [0.25, 0.3) is 0 Å². The van der Waals surface area contributed by atoms with Crippen LogP contribution in [0.15, 0.2) is 24.3 Å². The molecule has 0 unspecified atom stereocenters. The highest BCUT2D eigenvalue weighted by Gasteiger charge is 2.25. The molecule has 0 bridgehead atoms. The summed E-state index contributed by atoms with van der Waals surface area (Å²) in [6.07, 6.45) is 4.12. The monoisotopic (exact) mass is 403 g/mol. The molecular formula is C20H29N5O2S. The molecule has 8 heteroatoms. The summed E-state index contributed by atoms with van der Waals surface area (Å²) in [6.45, 7) is 7.22. The van der Waals surface area contributed by atoms with Crippen molar-refractivity contribution in [3.63, 3.8) is 0 Å². The molecule has 0 amide bonds. The number of para-hydroxylation sites is 1. The number of aryl methyl sites for hydroxylation is 1. The number of benzene rings is 1. The number of sulfonamides is 1. The lowest BCUT2D eigenvalue weighted by atomic mass is 9.93. The van der Waals surface area contributed by atoms with Crippen LogP contribution in [-0.2, 0) is 23.0 Å². The zero-order chi connectivity index (χ0) is 20.5. The van der Waals surface area contributed by atoms with Gasteiger partial charge in [-0.05, 0) is 17.9 Å². The molecule has 2 aromatic heterocycles. The minimum atomic E-state index is -3.25. The highest BCUT2D eigenvalue weighted by Crippen LogP contribution is 2.31. The van der Waals surface area contributed by atoms with Gasteiger partial charge in [0.1, 0.15) is 11.3 Å². The van der Waals surface area contributed by atoms with Gasteiger partial charge in [0, 0.05) is 24.9 Å². The van der Waals surface area contributed by atoms with E-state index in [1.54, 1.807) is 0 Å². The largest absolute Gasteiger partial charge is 0.382 e. The van der Waals surface area contributed by atoms with Crippen molar-refractivity contribution in [1.82, 2.24) is 19.3 Å². The van der Waals surface area contributed by atoms with Gasteiger partial charge in [-0.25, -0.2) is 23.1 Å². The van der Waals surface area contributed by atoms with Crippen LogP contribution in [0.4, 0.5) is 5.82 Å². The van der Waals surface area contributed by atoms with Crippen LogP contribution in [0.25, 0.3) is 21.9 Å². The highest BCUT2D eigenvalue weighted by molar-refractivity contribution is 7.88. The highest BCUT2D eigenvalue weighted by atomic mass is 32.2. The standard InChI is InChI=1S/C20H29N5O2S/c1-5-6-11-16-24-17-18(14-9-7-8-10-15(14)23-19(17)21)25(16)13-20(2,3)12-22-28(4,26)27/h7-10,22H,5-6,11-13H2,1-4H3,(H2,21,23). The second kappa shape index (κ2) is 7.67. The van der Waals surface area contributed by atoms with Gasteiger partial charge in [-0.15, -0.1) is 0 Å². The lowest BCUT2D eigenvalue weighted by Gasteiger charge is -2.26. The van der Waals surface area contributed by atoms with Crippen molar-refractivity contribution in [1.29, 1.82) is 0 Å². The molecule has 28 heavy (non-hydrogen) atoms. The van der Waals surface area contributed by atoms with Crippen molar-refractivity contribution in [2.45, 2.75) is 46.6 Å². The third kappa shape index (κ3) is 4.44. The van der Waals surface area contributed by atoms with Crippen LogP contribution in [0.3, 0.4) is 0 Å². The number of rotatable bonds is 8. The van der Waals surface area contributed by atoms with Crippen molar-refractivity contribution < 1.29 is 8.42 Å². The molecule has 3 rings (SSSR count). The van der Waals surface area contributed by atoms with E-state index in [0.29, 0.717) is 18.9 Å². The molecule has 0 atom stereocenters. The normalized spacial score (nSPS) is 12.9. The average Bonchev–Trinajstić information content (AvgIpc) is 2.97. The number of pyridine rings is 1. The molecule has 3 aromatic rings. The van der Waals surface area contributed by atoms with E-state index in [1.165, 1.54) is 6.26 Å². The van der Waals surface area contributed by atoms with Gasteiger partial charge >= 0.3 is 0 Å². The maximum Gasteiger partial charge on any atom is 0.208 e. The Balaban J connectivity index is 2.15. The maximum atomic E-state index is 11.6. The van der Waals surface area contributed by atoms with E-state index in [2.05, 4.69) is 21.2 Å². The molecule has 2 heterocycles. The first kappa shape index (κ1) is 20.5. The Hall–Kier alpha value is -2.19. The molecule has 3 N–H and O–H groups in total. The Bertz CT molecular complexity index is 1100. The van der Waals surface area contributed by atoms with Crippen molar-refractivity contribution in [3.05, 3.63) is 30.1 Å². The number of aromatic nitrogens is 3. The number of unbranched alkanes of at least 4 members (excludes halogenated alkanes) is 1. The van der Waals surface area contributed by atoms with Gasteiger partial charge in [-0.1, -0.05) is 45.4 Å². The molecule has 0 saturated carbocycles. The van der Waals surface area contributed by atoms with E-state index in [0.717, 1.165) is 47.0 Å². The van der Waals surface area contributed by atoms with Crippen LogP contribution in [-0.4, -0.2) is 35.8 Å². The Labute approximate surface area is 166 Å². The number of anilines is 1. The fourth-order valence-electron chi connectivity index (χ4n) is 3.41. The van der Waals surface area contributed by atoms with Crippen LogP contribution in [0, 0.1) is 5.41 Å². The second-order valence-electron chi connectivity index (χ2n) is 8.19. The fraction of sp³-hybridized carbons (Fsp3) is 0.500. The first-order chi connectivity index (χ1) is 13.1. The zero-order valence-corrected chi connectivity index (χ0v) is 17.8. The fourth-order valence-corrected chi connectivity index (χ4v) is 4.06. The number of hydrogen-bond donors (Lipinski definition) is 2. The Kier molecular flexibility index (Phi) is 5.63. The molecule has 152 valence electrons. The molecule has 7 nitrogen and oxygen atoms in total. The molecule has 0 aliphatic heterocycles. The van der Waals surface area contributed by atoms with E-state index in [9.17, 15) is 8.42 Å². The molecule has 0 aliphatic carbocycles. The van der Waals surface area contributed by atoms with Crippen molar-refractivity contribution in [3.8, 4) is 0 Å². The summed E-state index contributed by atoms with van der Waals surface area (Å²) in [7, 11) is -3.25.